The van der Waals surface area contributed by atoms with Gasteiger partial charge in [0, 0.05) is 19.2 Å². The Kier molecular flexibility index (Phi) is 5.42. The van der Waals surface area contributed by atoms with Crippen LogP contribution in [0.1, 0.15) is 30.1 Å². The van der Waals surface area contributed by atoms with Crippen LogP contribution in [-0.4, -0.2) is 54.9 Å². The number of likely N-dealkylation sites (N-methyl/N-ethyl adjacent to an activating group) is 1. The molecule has 5 heteroatoms. The average Bonchev–Trinajstić information content (AvgIpc) is 2.96. The predicted molar refractivity (Wildman–Crippen MR) is 78.5 cm³/mol. The van der Waals surface area contributed by atoms with Gasteiger partial charge in [0.1, 0.15) is 11.6 Å². The van der Waals surface area contributed by atoms with Gasteiger partial charge in [0.15, 0.2) is 5.78 Å². The van der Waals surface area contributed by atoms with Crippen LogP contribution in [0.25, 0.3) is 0 Å². The number of carbonyl (C=O) groups is 1. The number of halogens is 2. The maximum absolute atomic E-state index is 13.7. The molecule has 1 aromatic rings. The van der Waals surface area contributed by atoms with Crippen molar-refractivity contribution in [2.75, 3.05) is 33.2 Å². The molecule has 1 saturated heterocycles. The summed E-state index contributed by atoms with van der Waals surface area (Å²) in [6.07, 6.45) is 2.47. The van der Waals surface area contributed by atoms with Crippen molar-refractivity contribution >= 4 is 5.78 Å². The maximum atomic E-state index is 13.7. The highest BCUT2D eigenvalue weighted by Gasteiger charge is 2.23. The summed E-state index contributed by atoms with van der Waals surface area (Å²) in [5.74, 6) is -1.77. The lowest BCUT2D eigenvalue weighted by molar-refractivity contribution is 0.0855. The van der Waals surface area contributed by atoms with Crippen molar-refractivity contribution in [1.82, 2.24) is 9.80 Å². The van der Waals surface area contributed by atoms with E-state index in [2.05, 4.69) is 4.90 Å². The molecule has 0 amide bonds. The van der Waals surface area contributed by atoms with E-state index in [1.54, 1.807) is 6.92 Å². The first-order chi connectivity index (χ1) is 9.99. The van der Waals surface area contributed by atoms with Crippen LogP contribution in [0.3, 0.4) is 0 Å². The molecule has 1 aliphatic rings. The lowest BCUT2D eigenvalue weighted by Crippen LogP contribution is -2.40. The van der Waals surface area contributed by atoms with Gasteiger partial charge >= 0.3 is 0 Å². The molecule has 0 radical (unpaired) electrons. The molecule has 1 aliphatic heterocycles. The number of carbonyl (C=O) groups excluding carboxylic acids is 1. The molecular formula is C16H22F2N2O. The SMILES string of the molecule is CC(C(=O)c1ccc(F)cc1F)N(C)CCN1CCCC1. The predicted octanol–water partition coefficient (Wildman–Crippen LogP) is 2.56. The number of likely N-dealkylation sites (tertiary alicyclic amines) is 1. The topological polar surface area (TPSA) is 23.6 Å². The highest BCUT2D eigenvalue weighted by Crippen LogP contribution is 2.14. The number of hydrogen-bond donors (Lipinski definition) is 0. The Morgan fingerprint density at radius 2 is 2.00 bits per heavy atom. The first kappa shape index (κ1) is 16.0. The Morgan fingerprint density at radius 3 is 2.62 bits per heavy atom. The van der Waals surface area contributed by atoms with Crippen LogP contribution in [0.15, 0.2) is 18.2 Å². The molecule has 1 unspecified atom stereocenters. The van der Waals surface area contributed by atoms with Gasteiger partial charge in [0.25, 0.3) is 0 Å². The summed E-state index contributed by atoms with van der Waals surface area (Å²) in [5, 5.41) is 0. The van der Waals surface area contributed by atoms with Gasteiger partial charge in [-0.05, 0) is 52.0 Å². The second kappa shape index (κ2) is 7.09. The summed E-state index contributed by atoms with van der Waals surface area (Å²) in [5.41, 5.74) is -0.0445. The minimum atomic E-state index is -0.792. The lowest BCUT2D eigenvalue weighted by atomic mass is 10.0. The van der Waals surface area contributed by atoms with Crippen molar-refractivity contribution in [3.8, 4) is 0 Å². The smallest absolute Gasteiger partial charge is 0.182 e. The molecule has 1 fully saturated rings. The number of nitrogens with zero attached hydrogens (tertiary/aromatic N) is 2. The molecule has 0 saturated carbocycles. The van der Waals surface area contributed by atoms with E-state index in [1.807, 2.05) is 11.9 Å². The molecule has 0 bridgehead atoms. The molecule has 0 aromatic heterocycles. The minimum absolute atomic E-state index is 0.0445. The van der Waals surface area contributed by atoms with Crippen molar-refractivity contribution in [2.24, 2.45) is 0 Å². The molecule has 1 heterocycles. The molecule has 0 aliphatic carbocycles. The summed E-state index contributed by atoms with van der Waals surface area (Å²) < 4.78 is 26.6. The van der Waals surface area contributed by atoms with E-state index in [-0.39, 0.29) is 11.3 Å². The zero-order valence-electron chi connectivity index (χ0n) is 12.6. The van der Waals surface area contributed by atoms with E-state index in [0.29, 0.717) is 0 Å². The first-order valence-corrected chi connectivity index (χ1v) is 7.41. The zero-order chi connectivity index (χ0) is 15.4. The number of ketones is 1. The van der Waals surface area contributed by atoms with Crippen molar-refractivity contribution in [3.63, 3.8) is 0 Å². The number of rotatable bonds is 6. The molecule has 3 nitrogen and oxygen atoms in total. The van der Waals surface area contributed by atoms with Gasteiger partial charge in [-0.1, -0.05) is 0 Å². The number of benzene rings is 1. The van der Waals surface area contributed by atoms with Crippen LogP contribution in [-0.2, 0) is 0 Å². The average molecular weight is 296 g/mol. The van der Waals surface area contributed by atoms with Crippen LogP contribution >= 0.6 is 0 Å². The van der Waals surface area contributed by atoms with Gasteiger partial charge in [-0.15, -0.1) is 0 Å². The van der Waals surface area contributed by atoms with Crippen LogP contribution in [0.5, 0.6) is 0 Å². The van der Waals surface area contributed by atoms with E-state index in [1.165, 1.54) is 18.9 Å². The molecule has 1 atom stereocenters. The van der Waals surface area contributed by atoms with Gasteiger partial charge in [-0.25, -0.2) is 8.78 Å². The molecule has 2 rings (SSSR count). The zero-order valence-corrected chi connectivity index (χ0v) is 12.6. The monoisotopic (exact) mass is 296 g/mol. The summed E-state index contributed by atoms with van der Waals surface area (Å²) in [7, 11) is 1.86. The minimum Gasteiger partial charge on any atom is -0.302 e. The fourth-order valence-electron chi connectivity index (χ4n) is 2.61. The number of Topliss-reactive ketones (excluding diaryl/α,β-unsaturated/α-hetero) is 1. The Bertz CT molecular complexity index is 501. The summed E-state index contributed by atoms with van der Waals surface area (Å²) in [6, 6.07) is 2.67. The third-order valence-electron chi connectivity index (χ3n) is 4.20. The quantitative estimate of drug-likeness (QED) is 0.754. The van der Waals surface area contributed by atoms with Crippen molar-refractivity contribution in [3.05, 3.63) is 35.4 Å². The first-order valence-electron chi connectivity index (χ1n) is 7.41. The van der Waals surface area contributed by atoms with Gasteiger partial charge < -0.3 is 4.90 Å². The van der Waals surface area contributed by atoms with Crippen molar-refractivity contribution in [1.29, 1.82) is 0 Å². The third-order valence-corrected chi connectivity index (χ3v) is 4.20. The summed E-state index contributed by atoms with van der Waals surface area (Å²) in [6.45, 7) is 5.66. The van der Waals surface area contributed by atoms with Crippen LogP contribution in [0, 0.1) is 11.6 Å². The highest BCUT2D eigenvalue weighted by atomic mass is 19.1. The molecule has 1 aromatic carbocycles. The molecule has 0 spiro atoms. The molecule has 21 heavy (non-hydrogen) atoms. The van der Waals surface area contributed by atoms with E-state index in [9.17, 15) is 13.6 Å². The van der Waals surface area contributed by atoms with Crippen molar-refractivity contribution in [2.45, 2.75) is 25.8 Å². The van der Waals surface area contributed by atoms with Gasteiger partial charge in [0.2, 0.25) is 0 Å². The van der Waals surface area contributed by atoms with Crippen LogP contribution < -0.4 is 0 Å². The van der Waals surface area contributed by atoms with Gasteiger partial charge in [-0.2, -0.15) is 0 Å². The Morgan fingerprint density at radius 1 is 1.33 bits per heavy atom. The lowest BCUT2D eigenvalue weighted by Gasteiger charge is -2.26. The second-order valence-corrected chi connectivity index (χ2v) is 5.69. The van der Waals surface area contributed by atoms with Gasteiger partial charge in [0.05, 0.1) is 11.6 Å². The van der Waals surface area contributed by atoms with E-state index in [0.717, 1.165) is 38.3 Å². The number of hydrogen-bond acceptors (Lipinski definition) is 3. The Labute approximate surface area is 124 Å². The van der Waals surface area contributed by atoms with Crippen LogP contribution in [0.4, 0.5) is 8.78 Å². The highest BCUT2D eigenvalue weighted by molar-refractivity contribution is 6.00. The second-order valence-electron chi connectivity index (χ2n) is 5.69. The van der Waals surface area contributed by atoms with Crippen molar-refractivity contribution < 1.29 is 13.6 Å². The third kappa shape index (κ3) is 4.08. The fourth-order valence-corrected chi connectivity index (χ4v) is 2.61. The summed E-state index contributed by atoms with van der Waals surface area (Å²) >= 11 is 0. The van der Waals surface area contributed by atoms with Gasteiger partial charge in [-0.3, -0.25) is 9.69 Å². The van der Waals surface area contributed by atoms with Crippen LogP contribution in [0.2, 0.25) is 0 Å². The Hall–Kier alpha value is -1.33. The largest absolute Gasteiger partial charge is 0.302 e. The maximum Gasteiger partial charge on any atom is 0.182 e. The fraction of sp³-hybridized carbons (Fsp3) is 0.562. The van der Waals surface area contributed by atoms with E-state index >= 15 is 0 Å². The van der Waals surface area contributed by atoms with E-state index in [4.69, 9.17) is 0 Å². The molecule has 116 valence electrons. The summed E-state index contributed by atoms with van der Waals surface area (Å²) in [4.78, 5) is 16.6. The standard InChI is InChI=1S/C16H22F2N2O/c1-12(19(2)9-10-20-7-3-4-8-20)16(21)14-6-5-13(17)11-15(14)18/h5-6,11-12H,3-4,7-10H2,1-2H3. The molecule has 0 N–H and O–H groups in total. The molecular weight excluding hydrogens is 274 g/mol. The van der Waals surface area contributed by atoms with E-state index < -0.39 is 17.7 Å². The normalized spacial score (nSPS) is 17.4. The Balaban J connectivity index is 1.94.